The zero-order valence-electron chi connectivity index (χ0n) is 17.9. The highest BCUT2D eigenvalue weighted by Gasteiger charge is 2.34. The number of hydrogen-bond donors (Lipinski definition) is 2. The fourth-order valence-electron chi connectivity index (χ4n) is 4.13. The number of nitrogens with zero attached hydrogens (tertiary/aromatic N) is 1. The molecule has 0 aromatic heterocycles. The molecule has 6 nitrogen and oxygen atoms in total. The van der Waals surface area contributed by atoms with Crippen LogP contribution in [0.15, 0.2) is 24.3 Å². The quantitative estimate of drug-likeness (QED) is 0.620. The van der Waals surface area contributed by atoms with Crippen LogP contribution in [0.3, 0.4) is 0 Å². The lowest BCUT2D eigenvalue weighted by Crippen LogP contribution is -2.54. The van der Waals surface area contributed by atoms with Crippen molar-refractivity contribution in [3.05, 3.63) is 29.8 Å². The highest BCUT2D eigenvalue weighted by Crippen LogP contribution is 2.26. The average molecular weight is 462 g/mol. The molecular formula is C22H37Cl2N3O3. The Hall–Kier alpha value is -1.05. The van der Waals surface area contributed by atoms with E-state index in [1.807, 2.05) is 24.3 Å². The summed E-state index contributed by atoms with van der Waals surface area (Å²) in [5.41, 5.74) is 6.64. The van der Waals surface area contributed by atoms with Gasteiger partial charge in [0, 0.05) is 32.3 Å². The lowest BCUT2D eigenvalue weighted by molar-refractivity contribution is -0.127. The third kappa shape index (κ3) is 7.89. The van der Waals surface area contributed by atoms with E-state index in [4.69, 9.17) is 15.2 Å². The number of likely N-dealkylation sites (N-methyl/N-ethyl adjacent to an activating group) is 1. The molecule has 1 amide bonds. The number of nitrogens with two attached hydrogens (primary N) is 1. The van der Waals surface area contributed by atoms with E-state index in [0.29, 0.717) is 19.2 Å². The van der Waals surface area contributed by atoms with Gasteiger partial charge in [-0.15, -0.1) is 24.8 Å². The number of carbonyl (C=O) groups is 1. The van der Waals surface area contributed by atoms with E-state index >= 15 is 0 Å². The van der Waals surface area contributed by atoms with Gasteiger partial charge in [-0.3, -0.25) is 9.69 Å². The Morgan fingerprint density at radius 2 is 1.93 bits per heavy atom. The van der Waals surface area contributed by atoms with Crippen LogP contribution in [0.1, 0.15) is 50.5 Å². The molecule has 0 bridgehead atoms. The molecule has 0 radical (unpaired) electrons. The third-order valence-corrected chi connectivity index (χ3v) is 6.08. The van der Waals surface area contributed by atoms with E-state index in [2.05, 4.69) is 17.3 Å². The molecule has 0 atom stereocenters. The minimum atomic E-state index is -0.693. The normalized spacial score (nSPS) is 18.8. The number of halogens is 2. The van der Waals surface area contributed by atoms with Crippen molar-refractivity contribution in [1.29, 1.82) is 0 Å². The second-order valence-electron chi connectivity index (χ2n) is 8.22. The van der Waals surface area contributed by atoms with Crippen LogP contribution in [-0.4, -0.2) is 55.8 Å². The predicted octanol–water partition coefficient (Wildman–Crippen LogP) is 3.30. The maximum Gasteiger partial charge on any atom is 0.240 e. The van der Waals surface area contributed by atoms with Gasteiger partial charge in [-0.1, -0.05) is 31.4 Å². The molecule has 1 heterocycles. The summed E-state index contributed by atoms with van der Waals surface area (Å²) >= 11 is 0. The Morgan fingerprint density at radius 3 is 2.63 bits per heavy atom. The second kappa shape index (κ2) is 13.4. The molecule has 1 aliphatic heterocycles. The van der Waals surface area contributed by atoms with Gasteiger partial charge in [0.2, 0.25) is 5.91 Å². The molecule has 3 rings (SSSR count). The van der Waals surface area contributed by atoms with Crippen LogP contribution in [0.25, 0.3) is 0 Å². The molecule has 3 N–H and O–H groups in total. The van der Waals surface area contributed by atoms with Crippen LogP contribution in [-0.2, 0) is 16.1 Å². The van der Waals surface area contributed by atoms with E-state index in [1.54, 1.807) is 0 Å². The third-order valence-electron chi connectivity index (χ3n) is 6.08. The lowest BCUT2D eigenvalue weighted by Gasteiger charge is -2.31. The second-order valence-corrected chi connectivity index (χ2v) is 8.22. The molecule has 8 heteroatoms. The zero-order valence-corrected chi connectivity index (χ0v) is 19.6. The van der Waals surface area contributed by atoms with E-state index in [0.717, 1.165) is 69.6 Å². The van der Waals surface area contributed by atoms with Gasteiger partial charge in [-0.05, 0) is 50.4 Å². The van der Waals surface area contributed by atoms with Crippen molar-refractivity contribution in [2.45, 2.75) is 63.1 Å². The highest BCUT2D eigenvalue weighted by molar-refractivity contribution is 5.86. The monoisotopic (exact) mass is 461 g/mol. The largest absolute Gasteiger partial charge is 0.492 e. The summed E-state index contributed by atoms with van der Waals surface area (Å²) in [5.74, 6) is 0.809. The summed E-state index contributed by atoms with van der Waals surface area (Å²) in [6.07, 6.45) is 6.99. The summed E-state index contributed by atoms with van der Waals surface area (Å²) in [7, 11) is 2.15. The molecule has 1 aliphatic carbocycles. The molecule has 0 spiro atoms. The standard InChI is InChI=1S/C22H35N3O3.2ClH/c1-25(19-8-13-27-14-9-19)12-15-28-20-7-5-6-18(16-20)17-24-21(26)22(23)10-3-2-4-11-22;;/h5-7,16,19H,2-4,8-15,17,23H2,1H3,(H,24,26);2*1H. The molecule has 1 saturated heterocycles. The van der Waals surface area contributed by atoms with Crippen molar-refractivity contribution >= 4 is 30.7 Å². The van der Waals surface area contributed by atoms with Gasteiger partial charge in [0.1, 0.15) is 12.4 Å². The Balaban J connectivity index is 0.00000225. The van der Waals surface area contributed by atoms with Crippen LogP contribution in [0.4, 0.5) is 0 Å². The fraction of sp³-hybridized carbons (Fsp3) is 0.682. The molecule has 1 saturated carbocycles. The topological polar surface area (TPSA) is 76.8 Å². The van der Waals surface area contributed by atoms with Crippen molar-refractivity contribution < 1.29 is 14.3 Å². The van der Waals surface area contributed by atoms with Gasteiger partial charge >= 0.3 is 0 Å². The van der Waals surface area contributed by atoms with Gasteiger partial charge in [0.15, 0.2) is 0 Å². The Morgan fingerprint density at radius 1 is 1.23 bits per heavy atom. The molecular weight excluding hydrogens is 425 g/mol. The SMILES string of the molecule is CN(CCOc1cccc(CNC(=O)C2(N)CCCCC2)c1)C1CCOCC1.Cl.Cl. The molecule has 1 aromatic carbocycles. The number of carbonyl (C=O) groups excluding carboxylic acids is 1. The van der Waals surface area contributed by atoms with Crippen molar-refractivity contribution in [3.63, 3.8) is 0 Å². The summed E-state index contributed by atoms with van der Waals surface area (Å²) in [4.78, 5) is 14.9. The first-order valence-electron chi connectivity index (χ1n) is 10.6. The number of rotatable bonds is 8. The minimum Gasteiger partial charge on any atom is -0.492 e. The molecule has 1 aromatic rings. The van der Waals surface area contributed by atoms with Crippen LogP contribution in [0.2, 0.25) is 0 Å². The Kier molecular flexibility index (Phi) is 12.0. The van der Waals surface area contributed by atoms with Crippen molar-refractivity contribution in [1.82, 2.24) is 10.2 Å². The highest BCUT2D eigenvalue weighted by atomic mass is 35.5. The number of ether oxygens (including phenoxy) is 2. The van der Waals surface area contributed by atoms with Crippen molar-refractivity contribution in [3.8, 4) is 5.75 Å². The molecule has 172 valence electrons. The van der Waals surface area contributed by atoms with Crippen LogP contribution < -0.4 is 15.8 Å². The van der Waals surface area contributed by atoms with E-state index in [-0.39, 0.29) is 30.7 Å². The Bertz CT molecular complexity index is 636. The van der Waals surface area contributed by atoms with E-state index < -0.39 is 5.54 Å². The smallest absolute Gasteiger partial charge is 0.240 e. The van der Waals surface area contributed by atoms with Crippen LogP contribution in [0.5, 0.6) is 5.75 Å². The van der Waals surface area contributed by atoms with E-state index in [1.165, 1.54) is 6.42 Å². The van der Waals surface area contributed by atoms with Crippen LogP contribution >= 0.6 is 24.8 Å². The maximum atomic E-state index is 12.5. The first-order valence-corrected chi connectivity index (χ1v) is 10.6. The molecule has 30 heavy (non-hydrogen) atoms. The maximum absolute atomic E-state index is 12.5. The Labute approximate surface area is 193 Å². The summed E-state index contributed by atoms with van der Waals surface area (Å²) in [5, 5.41) is 3.01. The average Bonchev–Trinajstić information content (AvgIpc) is 2.73. The van der Waals surface area contributed by atoms with Crippen molar-refractivity contribution in [2.75, 3.05) is 33.4 Å². The molecule has 2 aliphatic rings. The minimum absolute atomic E-state index is 0. The number of nitrogens with one attached hydrogen (secondary N) is 1. The molecule has 2 fully saturated rings. The number of hydrogen-bond acceptors (Lipinski definition) is 5. The zero-order chi connectivity index (χ0) is 19.8. The molecule has 0 unspecified atom stereocenters. The van der Waals surface area contributed by atoms with Gasteiger partial charge in [-0.2, -0.15) is 0 Å². The number of benzene rings is 1. The summed E-state index contributed by atoms with van der Waals surface area (Å²) in [6.45, 7) is 3.73. The van der Waals surface area contributed by atoms with E-state index in [9.17, 15) is 4.79 Å². The predicted molar refractivity (Wildman–Crippen MR) is 125 cm³/mol. The van der Waals surface area contributed by atoms with Gasteiger partial charge < -0.3 is 20.5 Å². The fourth-order valence-corrected chi connectivity index (χ4v) is 4.13. The first kappa shape index (κ1) is 27.0. The summed E-state index contributed by atoms with van der Waals surface area (Å²) < 4.78 is 11.4. The van der Waals surface area contributed by atoms with Gasteiger partial charge in [0.05, 0.1) is 5.54 Å². The van der Waals surface area contributed by atoms with Crippen LogP contribution in [0, 0.1) is 0 Å². The van der Waals surface area contributed by atoms with Crippen molar-refractivity contribution in [2.24, 2.45) is 5.73 Å². The summed E-state index contributed by atoms with van der Waals surface area (Å²) in [6, 6.07) is 8.52. The van der Waals surface area contributed by atoms with Gasteiger partial charge in [0.25, 0.3) is 0 Å². The number of amides is 1. The first-order chi connectivity index (χ1) is 13.6. The lowest BCUT2D eigenvalue weighted by atomic mass is 9.82. The van der Waals surface area contributed by atoms with Gasteiger partial charge in [-0.25, -0.2) is 0 Å².